The second-order valence-electron chi connectivity index (χ2n) is 33.3. The van der Waals surface area contributed by atoms with Crippen LogP contribution in [-0.2, 0) is 166 Å². The number of anilines is 4. The molecule has 800 valence electrons. The predicted octanol–water partition coefficient (Wildman–Crippen LogP) is -1.41. The molecule has 14 rings (SSSR count). The highest BCUT2D eigenvalue weighted by Crippen LogP contribution is 2.58. The van der Waals surface area contributed by atoms with Crippen molar-refractivity contribution in [3.05, 3.63) is 114 Å². The highest BCUT2D eigenvalue weighted by Gasteiger charge is 2.59. The number of phosphoric acid groups is 2. The van der Waals surface area contributed by atoms with Crippen molar-refractivity contribution in [3.63, 3.8) is 0 Å². The Morgan fingerprint density at radius 2 is 0.812 bits per heavy atom. The summed E-state index contributed by atoms with van der Waals surface area (Å²) in [5, 5.41) is 14.4. The van der Waals surface area contributed by atoms with Crippen LogP contribution in [0, 0.1) is 20.8 Å². The second kappa shape index (κ2) is 48.9. The number of aryl methyl sites for hydroxylation is 3. The van der Waals surface area contributed by atoms with Crippen LogP contribution in [-0.4, -0.2) is 359 Å². The summed E-state index contributed by atoms with van der Waals surface area (Å²) in [6.07, 6.45) is -26.9. The van der Waals surface area contributed by atoms with Gasteiger partial charge in [-0.3, -0.25) is 64.7 Å². The predicted molar refractivity (Wildman–Crippen MR) is 503 cm³/mol. The van der Waals surface area contributed by atoms with Crippen LogP contribution in [0.15, 0.2) is 74.9 Å². The van der Waals surface area contributed by atoms with Gasteiger partial charge in [0.2, 0.25) is 0 Å². The zero-order chi connectivity index (χ0) is 104. The molecular formula is C76H114N21O39P5S3. The van der Waals surface area contributed by atoms with Gasteiger partial charge in [0.05, 0.1) is 124 Å². The van der Waals surface area contributed by atoms with Gasteiger partial charge < -0.3 is 157 Å². The number of aliphatic hydroxyl groups excluding tert-OH is 1. The van der Waals surface area contributed by atoms with Crippen molar-refractivity contribution in [2.75, 3.05) is 158 Å². The van der Waals surface area contributed by atoms with Crippen molar-refractivity contribution in [3.8, 4) is 0 Å². The number of aromatic nitrogens is 14. The molecule has 60 nitrogen and oxygen atoms in total. The van der Waals surface area contributed by atoms with E-state index in [1.165, 1.54) is 91.5 Å². The zero-order valence-corrected chi connectivity index (χ0v) is 85.7. The highest BCUT2D eigenvalue weighted by atomic mass is 32.5. The van der Waals surface area contributed by atoms with Gasteiger partial charge in [0.1, 0.15) is 139 Å². The number of nitrogens with two attached hydrogens (primary N) is 5. The topological polar surface area (TPSA) is 770 Å². The smallest absolute Gasteiger partial charge is 0.387 e. The summed E-state index contributed by atoms with van der Waals surface area (Å²) in [6.45, 7) is -13.5. The third kappa shape index (κ3) is 26.7. The van der Waals surface area contributed by atoms with Gasteiger partial charge in [-0.2, -0.15) is 9.97 Å². The largest absolute Gasteiger partial charge is 0.472 e. The first-order valence-corrected chi connectivity index (χ1v) is 55.1. The number of nitrogens with one attached hydrogen (secondary N) is 2. The van der Waals surface area contributed by atoms with Gasteiger partial charge in [0, 0.05) is 83.5 Å². The van der Waals surface area contributed by atoms with Crippen molar-refractivity contribution in [2.24, 2.45) is 5.73 Å². The zero-order valence-electron chi connectivity index (χ0n) is 78.8. The van der Waals surface area contributed by atoms with Crippen LogP contribution in [0.2, 0.25) is 0 Å². The van der Waals surface area contributed by atoms with Gasteiger partial charge in [-0.25, -0.2) is 58.2 Å². The molecule has 0 aromatic carbocycles. The molecule has 7 aromatic heterocycles. The molecule has 14 heterocycles. The number of rotatable bonds is 52. The number of carbonyl (C=O) groups excluding carboxylic acids is 1. The maximum Gasteiger partial charge on any atom is 0.472 e. The molecule has 12 unspecified atom stereocenters. The van der Waals surface area contributed by atoms with Crippen molar-refractivity contribution in [1.29, 1.82) is 0 Å². The molecule has 144 heavy (non-hydrogen) atoms. The standard InChI is InChI=1S/C76H114N21O39P5S3/c1-11-40-41(22-47(126-40)96-34-86-48-63(80)82-32-84-65(48)96)132-139(108,142)124-30-45-52(57(118-19-14-113-8)70(129-45)94-25-38(4)62(79)90-75(94)102)134-137(104,105)121-28-43-51(56(117-18-13-112-7)69(128-43)93-24-37(3)61(78)89-74(93)101)133-138(106,107)122-29-44-53(59(120-21-16-115-10)72(131-44)97-35-87-49-64(81)83-33-85-66(49)97)135-141(110,144)125-31-46-54(58(119-20-15-114-9)71(130-46)95-26-39(5)67(99)91-76(95)103)136-140(109,143)123-27-42-50(98)55(116-17-12-111-6)68(127-42)92-23-36(2)60(77)88-73(92)100/h23-26,32-35,40-47,50-59,62,68-72,98H,11-22,27-31,79H2,1-10H3,(H,90,102)(H,104,105)(H,106,107)(H,108,142)(H,109,143)(H,110,144)(H2,77,88,100)(H2,78,89,101)(H2,80,82,84)(H2,81,83,85)(H,91,99,103)/t40-,41?,42-,43-,44-,45-,46-,47-,50?,51?,52?,53?,54?,55+,56+,57+,58+,59+,62?,68-,69-,70-,71-,72-,139?,140?,141?/m1/s1. The summed E-state index contributed by atoms with van der Waals surface area (Å²) in [4.78, 5) is 167. The number of carbonyl (C=O) groups is 1. The van der Waals surface area contributed by atoms with Crippen molar-refractivity contribution >= 4 is 123 Å². The minimum atomic E-state index is -5.91. The number of hydrogen-bond acceptors (Lipinski definition) is 50. The molecule has 68 heteroatoms. The Balaban J connectivity index is 0.752. The van der Waals surface area contributed by atoms with Crippen LogP contribution in [0.25, 0.3) is 22.3 Å². The van der Waals surface area contributed by atoms with E-state index in [0.29, 0.717) is 28.7 Å². The first-order chi connectivity index (χ1) is 68.5. The van der Waals surface area contributed by atoms with E-state index in [4.69, 9.17) is 185 Å². The number of aliphatic hydroxyl groups is 1. The van der Waals surface area contributed by atoms with E-state index in [1.54, 1.807) is 25.3 Å². The molecule has 29 atom stereocenters. The molecule has 6 fully saturated rings. The molecule has 7 aliphatic rings. The Labute approximate surface area is 833 Å². The van der Waals surface area contributed by atoms with Crippen LogP contribution in [0.4, 0.5) is 28.1 Å². The van der Waals surface area contributed by atoms with Crippen molar-refractivity contribution in [2.45, 2.75) is 195 Å². The maximum atomic E-state index is 15.5. The number of urea groups is 1. The van der Waals surface area contributed by atoms with Crippen LogP contribution < -0.4 is 56.6 Å². The first-order valence-electron chi connectivity index (χ1n) is 44.3. The second-order valence-corrected chi connectivity index (χ2v) is 44.5. The quantitative estimate of drug-likeness (QED) is 0.0154. The lowest BCUT2D eigenvalue weighted by atomic mass is 10.1. The average Bonchev–Trinajstić information content (AvgIpc) is 1.29. The Morgan fingerprint density at radius 1 is 0.438 bits per heavy atom. The summed E-state index contributed by atoms with van der Waals surface area (Å²) < 4.78 is 194. The van der Waals surface area contributed by atoms with E-state index in [9.17, 15) is 53.5 Å². The Kier molecular flexibility index (Phi) is 38.2. The molecule has 7 aliphatic heterocycles. The lowest BCUT2D eigenvalue weighted by Crippen LogP contribution is -2.57. The van der Waals surface area contributed by atoms with E-state index in [-0.39, 0.29) is 111 Å². The SMILES string of the molecule is CC[C@H]1O[C@@H](n2cnc3c(N)ncnc32)CC1OP(O)(=S)OC[C@H]1O[C@@H](N2C=C(C)C(N)NC2=O)[C@@H](OCCOC)C1OP(=O)(O)OC[C@H]1O[C@@H](n2cc(C)c(N)nc2=O)[C@@H](OCCOC)C1OP(=O)(O)OC[C@H]1O[C@@H](n2cnc3c(N)ncnc32)[C@@H](OCCOC)C1OP(O)(=S)OC[C@H]1O[C@@H](n2cc(C)c(=O)[nH]c2=O)[C@@H](OCCOC)C1OP(O)(=S)OC[C@H]1O[C@@H](n2cc(C)c(N)nc2=O)[C@@H](OCCOC)C1O. The minimum Gasteiger partial charge on any atom is -0.387 e. The summed E-state index contributed by atoms with van der Waals surface area (Å²) in [5.74, 6) is -0.310. The van der Waals surface area contributed by atoms with Gasteiger partial charge in [0.15, 0.2) is 54.1 Å². The van der Waals surface area contributed by atoms with Crippen LogP contribution in [0.5, 0.6) is 0 Å². The molecule has 18 N–H and O–H groups in total. The summed E-state index contributed by atoms with van der Waals surface area (Å²) >= 11 is 17.1. The fourth-order valence-electron chi connectivity index (χ4n) is 16.5. The number of nitrogen functional groups attached to an aromatic ring is 4. The highest BCUT2D eigenvalue weighted by molar-refractivity contribution is 8.07. The monoisotopic (exact) mass is 2200 g/mol. The molecule has 7 aromatic rings. The van der Waals surface area contributed by atoms with Crippen LogP contribution in [0.1, 0.15) is 74.5 Å². The minimum absolute atomic E-state index is 0.000405. The van der Waals surface area contributed by atoms with E-state index >= 15 is 9.13 Å². The van der Waals surface area contributed by atoms with Gasteiger partial charge in [-0.1, -0.05) is 6.92 Å². The number of fused-ring (bicyclic) bond motifs is 2. The first kappa shape index (κ1) is 112. The fraction of sp³-hybridized carbons (Fsp3) is 0.671. The van der Waals surface area contributed by atoms with Gasteiger partial charge in [0.25, 0.3) is 5.56 Å². The summed E-state index contributed by atoms with van der Waals surface area (Å²) in [5.41, 5.74) is 28.5. The number of ether oxygens (including phenoxy) is 16. The number of nitrogens with zero attached hydrogens (tertiary/aromatic N) is 14. The molecule has 2 amide bonds. The molecule has 0 radical (unpaired) electrons. The maximum absolute atomic E-state index is 15.5. The van der Waals surface area contributed by atoms with E-state index in [1.807, 2.05) is 0 Å². The van der Waals surface area contributed by atoms with Crippen LogP contribution in [0.3, 0.4) is 0 Å². The Bertz CT molecular complexity index is 6170. The van der Waals surface area contributed by atoms with E-state index in [2.05, 4.69) is 50.2 Å². The third-order valence-electron chi connectivity index (χ3n) is 23.6. The molecule has 0 bridgehead atoms. The summed E-state index contributed by atoms with van der Waals surface area (Å²) in [7, 11) is -4.96. The third-order valence-corrected chi connectivity index (χ3v) is 30.3. The van der Waals surface area contributed by atoms with Gasteiger partial charge in [-0.05, 0) is 75.1 Å². The molecular weight excluding hydrogens is 2080 g/mol. The summed E-state index contributed by atoms with van der Waals surface area (Å²) in [6, 6.07) is -0.844. The van der Waals surface area contributed by atoms with Crippen molar-refractivity contribution < 1.29 is 165 Å². The molecule has 6 saturated heterocycles. The lowest BCUT2D eigenvalue weighted by Gasteiger charge is -2.35. The average molecular weight is 2200 g/mol. The molecule has 0 aliphatic carbocycles. The van der Waals surface area contributed by atoms with E-state index < -0.39 is 251 Å². The molecule has 0 saturated carbocycles. The number of imidazole rings is 2. The Hall–Kier alpha value is -7.16. The number of methoxy groups -OCH3 is 5. The van der Waals surface area contributed by atoms with E-state index in [0.717, 1.165) is 31.1 Å². The van der Waals surface area contributed by atoms with Gasteiger partial charge in [-0.15, -0.1) is 0 Å². The number of hydrogen-bond donors (Lipinski definition) is 13. The number of phosphoric ester groups is 2. The number of H-pyrrole nitrogens is 1. The Morgan fingerprint density at radius 3 is 1.27 bits per heavy atom. The van der Waals surface area contributed by atoms with Gasteiger partial charge >= 0.3 is 58.9 Å². The van der Waals surface area contributed by atoms with Crippen molar-refractivity contribution in [1.82, 2.24) is 77.9 Å². The normalized spacial score (nSPS) is 30.4. The molecule has 0 spiro atoms. The number of aromatic amines is 1. The fourth-order valence-corrected chi connectivity index (χ4v) is 22.8. The lowest BCUT2D eigenvalue weighted by molar-refractivity contribution is -0.0907. The van der Waals surface area contributed by atoms with Crippen LogP contribution >= 0.6 is 35.8 Å². The number of amides is 2.